The molecule has 0 bridgehead atoms. The zero-order chi connectivity index (χ0) is 12.0. The molecule has 92 valence electrons. The van der Waals surface area contributed by atoms with Crippen LogP contribution in [0.5, 0.6) is 0 Å². The van der Waals surface area contributed by atoms with Crippen LogP contribution in [0.1, 0.15) is 31.4 Å². The first kappa shape index (κ1) is 11.0. The Morgan fingerprint density at radius 2 is 2.24 bits per heavy atom. The van der Waals surface area contributed by atoms with E-state index in [1.807, 2.05) is 18.7 Å². The molecule has 0 amide bonds. The largest absolute Gasteiger partial charge is 0.328 e. The number of rotatable bonds is 3. The molecule has 0 spiro atoms. The maximum Gasteiger partial charge on any atom is 0.179 e. The summed E-state index contributed by atoms with van der Waals surface area (Å²) in [7, 11) is 1.98. The van der Waals surface area contributed by atoms with Gasteiger partial charge in [-0.15, -0.1) is 0 Å². The van der Waals surface area contributed by atoms with E-state index in [9.17, 15) is 0 Å². The van der Waals surface area contributed by atoms with Gasteiger partial charge in [-0.2, -0.15) is 5.10 Å². The van der Waals surface area contributed by atoms with Crippen LogP contribution in [0, 0.1) is 17.6 Å². The average Bonchev–Trinajstić information content (AvgIpc) is 2.66. The molecule has 1 aliphatic rings. The first-order valence-electron chi connectivity index (χ1n) is 6.29. The third-order valence-corrected chi connectivity index (χ3v) is 4.23. The van der Waals surface area contributed by atoms with Crippen molar-refractivity contribution in [2.45, 2.75) is 39.2 Å². The summed E-state index contributed by atoms with van der Waals surface area (Å²) in [5, 5.41) is 4.43. The van der Waals surface area contributed by atoms with E-state index in [1.165, 1.54) is 25.7 Å². The van der Waals surface area contributed by atoms with Gasteiger partial charge >= 0.3 is 0 Å². The van der Waals surface area contributed by atoms with Crippen LogP contribution in [-0.4, -0.2) is 19.3 Å². The molecule has 2 aromatic rings. The van der Waals surface area contributed by atoms with Crippen LogP contribution < -0.4 is 0 Å². The number of imidazole rings is 1. The molecular formula is C12H18N4S. The van der Waals surface area contributed by atoms with E-state index in [1.54, 1.807) is 0 Å². The van der Waals surface area contributed by atoms with Crippen LogP contribution in [0.4, 0.5) is 0 Å². The summed E-state index contributed by atoms with van der Waals surface area (Å²) in [6.45, 7) is 3.03. The normalized spacial score (nSPS) is 16.6. The maximum atomic E-state index is 5.40. The predicted octanol–water partition coefficient (Wildman–Crippen LogP) is 2.93. The van der Waals surface area contributed by atoms with Crippen molar-refractivity contribution in [3.8, 4) is 0 Å². The highest BCUT2D eigenvalue weighted by atomic mass is 32.1. The molecule has 3 rings (SSSR count). The second-order valence-electron chi connectivity index (χ2n) is 5.08. The lowest BCUT2D eigenvalue weighted by Crippen LogP contribution is -2.14. The van der Waals surface area contributed by atoms with Gasteiger partial charge in [0.05, 0.1) is 5.69 Å². The zero-order valence-corrected chi connectivity index (χ0v) is 11.2. The van der Waals surface area contributed by atoms with Crippen molar-refractivity contribution in [1.29, 1.82) is 0 Å². The molecule has 0 saturated heterocycles. The molecular weight excluding hydrogens is 232 g/mol. The Morgan fingerprint density at radius 1 is 1.47 bits per heavy atom. The molecule has 17 heavy (non-hydrogen) atoms. The SMILES string of the molecule is Cc1nn(C)c2c1[nH]c(=S)n2CCC1CCC1. The second-order valence-corrected chi connectivity index (χ2v) is 5.46. The highest BCUT2D eigenvalue weighted by Crippen LogP contribution is 2.30. The highest BCUT2D eigenvalue weighted by molar-refractivity contribution is 7.71. The minimum atomic E-state index is 0.829. The number of H-pyrrole nitrogens is 1. The second kappa shape index (κ2) is 3.98. The number of nitrogens with one attached hydrogen (secondary N) is 1. The molecule has 1 N–H and O–H groups in total. The predicted molar refractivity (Wildman–Crippen MR) is 70.6 cm³/mol. The van der Waals surface area contributed by atoms with Crippen molar-refractivity contribution >= 4 is 23.4 Å². The Hall–Kier alpha value is -1.10. The molecule has 1 saturated carbocycles. The van der Waals surface area contributed by atoms with Gasteiger partial charge < -0.3 is 9.55 Å². The van der Waals surface area contributed by atoms with Gasteiger partial charge in [-0.1, -0.05) is 19.3 Å². The Kier molecular flexibility index (Phi) is 2.58. The van der Waals surface area contributed by atoms with E-state index in [0.29, 0.717) is 0 Å². The fourth-order valence-corrected chi connectivity index (χ4v) is 2.95. The van der Waals surface area contributed by atoms with Crippen molar-refractivity contribution in [1.82, 2.24) is 19.3 Å². The first-order valence-corrected chi connectivity index (χ1v) is 6.69. The van der Waals surface area contributed by atoms with E-state index in [2.05, 4.69) is 14.6 Å². The van der Waals surface area contributed by atoms with Crippen molar-refractivity contribution in [3.63, 3.8) is 0 Å². The van der Waals surface area contributed by atoms with Gasteiger partial charge in [-0.05, 0) is 31.5 Å². The van der Waals surface area contributed by atoms with Gasteiger partial charge in [-0.25, -0.2) is 0 Å². The molecule has 4 nitrogen and oxygen atoms in total. The fraction of sp³-hybridized carbons (Fsp3) is 0.667. The molecule has 0 unspecified atom stereocenters. The quantitative estimate of drug-likeness (QED) is 0.851. The van der Waals surface area contributed by atoms with Crippen LogP contribution in [0.25, 0.3) is 11.2 Å². The summed E-state index contributed by atoms with van der Waals surface area (Å²) < 4.78 is 4.95. The summed E-state index contributed by atoms with van der Waals surface area (Å²) in [6, 6.07) is 0. The van der Waals surface area contributed by atoms with Crippen LogP contribution in [0.3, 0.4) is 0 Å². The van der Waals surface area contributed by atoms with E-state index < -0.39 is 0 Å². The number of aromatic amines is 1. The minimum Gasteiger partial charge on any atom is -0.328 e. The number of aryl methyl sites for hydroxylation is 3. The smallest absolute Gasteiger partial charge is 0.179 e. The van der Waals surface area contributed by atoms with Crippen LogP contribution in [0.2, 0.25) is 0 Å². The summed E-state index contributed by atoms with van der Waals surface area (Å²) in [5.74, 6) is 0.913. The Labute approximate surface area is 106 Å². The number of hydrogen-bond acceptors (Lipinski definition) is 2. The first-order chi connectivity index (χ1) is 8.16. The van der Waals surface area contributed by atoms with Crippen molar-refractivity contribution < 1.29 is 0 Å². The Balaban J connectivity index is 1.96. The molecule has 5 heteroatoms. The van der Waals surface area contributed by atoms with Crippen molar-refractivity contribution in [2.75, 3.05) is 0 Å². The van der Waals surface area contributed by atoms with E-state index in [4.69, 9.17) is 12.2 Å². The van der Waals surface area contributed by atoms with Crippen LogP contribution in [-0.2, 0) is 13.6 Å². The van der Waals surface area contributed by atoms with E-state index >= 15 is 0 Å². The minimum absolute atomic E-state index is 0.829. The van der Waals surface area contributed by atoms with Crippen LogP contribution in [0.15, 0.2) is 0 Å². The Morgan fingerprint density at radius 3 is 2.88 bits per heavy atom. The standard InChI is InChI=1S/C12H18N4S/c1-8-10-11(15(2)14-8)16(12(17)13-10)7-6-9-4-3-5-9/h9H,3-7H2,1-2H3,(H,13,17). The van der Waals surface area contributed by atoms with Crippen LogP contribution >= 0.6 is 12.2 Å². The number of nitrogens with zero attached hydrogens (tertiary/aromatic N) is 3. The molecule has 0 aromatic carbocycles. The summed E-state index contributed by atoms with van der Waals surface area (Å²) in [5.41, 5.74) is 3.24. The maximum absolute atomic E-state index is 5.40. The fourth-order valence-electron chi connectivity index (χ4n) is 2.67. The van der Waals surface area contributed by atoms with Crippen molar-refractivity contribution in [3.05, 3.63) is 10.5 Å². The van der Waals surface area contributed by atoms with E-state index in [0.717, 1.165) is 34.1 Å². The highest BCUT2D eigenvalue weighted by Gasteiger charge is 2.18. The van der Waals surface area contributed by atoms with Gasteiger partial charge in [0.2, 0.25) is 0 Å². The van der Waals surface area contributed by atoms with Gasteiger partial charge in [0, 0.05) is 13.6 Å². The summed E-state index contributed by atoms with van der Waals surface area (Å²) in [4.78, 5) is 3.27. The third-order valence-electron chi connectivity index (χ3n) is 3.91. The molecule has 0 radical (unpaired) electrons. The van der Waals surface area contributed by atoms with Gasteiger partial charge in [0.25, 0.3) is 0 Å². The Bertz CT molecular complexity index is 600. The molecule has 2 aromatic heterocycles. The molecule has 0 aliphatic heterocycles. The molecule has 1 aliphatic carbocycles. The average molecular weight is 250 g/mol. The third kappa shape index (κ3) is 1.73. The number of aromatic nitrogens is 4. The van der Waals surface area contributed by atoms with Crippen molar-refractivity contribution in [2.24, 2.45) is 13.0 Å². The summed E-state index contributed by atoms with van der Waals surface area (Å²) in [6.07, 6.45) is 5.44. The lowest BCUT2D eigenvalue weighted by Gasteiger charge is -2.25. The number of hydrogen-bond donors (Lipinski definition) is 1. The molecule has 1 fully saturated rings. The molecule has 2 heterocycles. The van der Waals surface area contributed by atoms with Gasteiger partial charge in [0.1, 0.15) is 5.52 Å². The van der Waals surface area contributed by atoms with Gasteiger partial charge in [-0.3, -0.25) is 4.68 Å². The lowest BCUT2D eigenvalue weighted by atomic mass is 9.83. The monoisotopic (exact) mass is 250 g/mol. The van der Waals surface area contributed by atoms with E-state index in [-0.39, 0.29) is 0 Å². The van der Waals surface area contributed by atoms with Gasteiger partial charge in [0.15, 0.2) is 10.4 Å². The summed E-state index contributed by atoms with van der Waals surface area (Å²) >= 11 is 5.40. The zero-order valence-electron chi connectivity index (χ0n) is 10.4. The molecule has 0 atom stereocenters. The topological polar surface area (TPSA) is 38.5 Å². The lowest BCUT2D eigenvalue weighted by molar-refractivity contribution is 0.282. The number of fused-ring (bicyclic) bond motifs is 1.